The van der Waals surface area contributed by atoms with E-state index in [1.54, 1.807) is 6.07 Å². The van der Waals surface area contributed by atoms with Gasteiger partial charge in [0.05, 0.1) is 6.54 Å². The van der Waals surface area contributed by atoms with Crippen molar-refractivity contribution in [3.8, 4) is 0 Å². The Morgan fingerprint density at radius 3 is 2.89 bits per heavy atom. The summed E-state index contributed by atoms with van der Waals surface area (Å²) in [6, 6.07) is 4.42. The molecule has 1 atom stereocenters. The van der Waals surface area contributed by atoms with Gasteiger partial charge in [-0.05, 0) is 38.9 Å². The molecule has 1 unspecified atom stereocenters. The number of furan rings is 1. The van der Waals surface area contributed by atoms with Crippen molar-refractivity contribution in [2.45, 2.75) is 38.4 Å². The molecule has 1 aliphatic carbocycles. The number of aromatic carboxylic acids is 1. The highest BCUT2D eigenvalue weighted by molar-refractivity contribution is 5.84. The van der Waals surface area contributed by atoms with E-state index < -0.39 is 5.97 Å². The monoisotopic (exact) mass is 252 g/mol. The Balaban J connectivity index is 1.72. The Hall–Kier alpha value is -1.33. The summed E-state index contributed by atoms with van der Waals surface area (Å²) in [6.07, 6.45) is 2.61. The van der Waals surface area contributed by atoms with Gasteiger partial charge in [-0.25, -0.2) is 4.79 Å². The van der Waals surface area contributed by atoms with Gasteiger partial charge in [0.1, 0.15) is 5.76 Å². The van der Waals surface area contributed by atoms with E-state index >= 15 is 0 Å². The van der Waals surface area contributed by atoms with Gasteiger partial charge < -0.3 is 14.8 Å². The maximum absolute atomic E-state index is 10.6. The van der Waals surface area contributed by atoms with Crippen LogP contribution in [0.3, 0.4) is 0 Å². The van der Waals surface area contributed by atoms with Crippen molar-refractivity contribution >= 4 is 5.97 Å². The fraction of sp³-hybridized carbons (Fsp3) is 0.615. The van der Waals surface area contributed by atoms with E-state index in [0.29, 0.717) is 18.3 Å². The summed E-state index contributed by atoms with van der Waals surface area (Å²) in [6.45, 7) is 3.63. The highest BCUT2D eigenvalue weighted by Crippen LogP contribution is 2.26. The Morgan fingerprint density at radius 1 is 1.61 bits per heavy atom. The summed E-state index contributed by atoms with van der Waals surface area (Å²) in [4.78, 5) is 13.0. The molecular weight excluding hydrogens is 232 g/mol. The number of carboxylic acids is 1. The molecule has 1 heterocycles. The van der Waals surface area contributed by atoms with Gasteiger partial charge >= 0.3 is 5.97 Å². The van der Waals surface area contributed by atoms with Crippen LogP contribution in [0, 0.1) is 0 Å². The zero-order chi connectivity index (χ0) is 13.1. The van der Waals surface area contributed by atoms with Gasteiger partial charge in [0, 0.05) is 18.6 Å². The Morgan fingerprint density at radius 2 is 2.33 bits per heavy atom. The van der Waals surface area contributed by atoms with Crippen LogP contribution in [-0.2, 0) is 6.54 Å². The summed E-state index contributed by atoms with van der Waals surface area (Å²) < 4.78 is 5.17. The molecule has 1 fully saturated rings. The third-order valence-electron chi connectivity index (χ3n) is 3.43. The van der Waals surface area contributed by atoms with Gasteiger partial charge in [-0.15, -0.1) is 0 Å². The van der Waals surface area contributed by atoms with Crippen LogP contribution in [0.1, 0.15) is 36.1 Å². The first-order valence-corrected chi connectivity index (χ1v) is 6.32. The topological polar surface area (TPSA) is 65.7 Å². The summed E-state index contributed by atoms with van der Waals surface area (Å²) in [5.41, 5.74) is 0. The van der Waals surface area contributed by atoms with Gasteiger partial charge in [0.15, 0.2) is 0 Å². The Kier molecular flexibility index (Phi) is 4.04. The number of rotatable bonds is 7. The van der Waals surface area contributed by atoms with Crippen LogP contribution >= 0.6 is 0 Å². The molecule has 1 aliphatic rings. The largest absolute Gasteiger partial charge is 0.475 e. The van der Waals surface area contributed by atoms with Crippen LogP contribution < -0.4 is 5.32 Å². The number of hydrogen-bond acceptors (Lipinski definition) is 4. The molecule has 2 N–H and O–H groups in total. The number of likely N-dealkylation sites (N-methyl/N-ethyl adjacent to an activating group) is 1. The van der Waals surface area contributed by atoms with Gasteiger partial charge in [0.2, 0.25) is 5.76 Å². The molecule has 0 radical (unpaired) electrons. The second-order valence-electron chi connectivity index (χ2n) is 4.95. The molecule has 0 aromatic carbocycles. The lowest BCUT2D eigenvalue weighted by Crippen LogP contribution is -2.38. The lowest BCUT2D eigenvalue weighted by Gasteiger charge is -2.24. The maximum atomic E-state index is 10.6. The maximum Gasteiger partial charge on any atom is 0.371 e. The minimum Gasteiger partial charge on any atom is -0.475 e. The van der Waals surface area contributed by atoms with E-state index in [-0.39, 0.29) is 5.76 Å². The molecular formula is C13H20N2O3. The first kappa shape index (κ1) is 13.1. The summed E-state index contributed by atoms with van der Waals surface area (Å²) in [7, 11) is 2.15. The number of carboxylic acid groups (broad SMARTS) is 1. The predicted molar refractivity (Wildman–Crippen MR) is 67.6 cm³/mol. The fourth-order valence-corrected chi connectivity index (χ4v) is 1.98. The quantitative estimate of drug-likeness (QED) is 0.770. The third-order valence-corrected chi connectivity index (χ3v) is 3.43. The molecule has 1 aromatic rings. The lowest BCUT2D eigenvalue weighted by atomic mass is 10.3. The van der Waals surface area contributed by atoms with Gasteiger partial charge in [-0.3, -0.25) is 4.90 Å². The fourth-order valence-electron chi connectivity index (χ4n) is 1.98. The zero-order valence-electron chi connectivity index (χ0n) is 10.8. The standard InChI is InChI=1S/C13H20N2O3/c1-9(15(2)10-3-4-10)7-14-8-11-5-6-12(18-11)13(16)17/h5-6,9-10,14H,3-4,7-8H2,1-2H3,(H,16,17). The van der Waals surface area contributed by atoms with Gasteiger partial charge in [-0.2, -0.15) is 0 Å². The molecule has 1 saturated carbocycles. The van der Waals surface area contributed by atoms with Crippen molar-refractivity contribution in [2.75, 3.05) is 13.6 Å². The lowest BCUT2D eigenvalue weighted by molar-refractivity contribution is 0.0660. The molecule has 0 amide bonds. The van der Waals surface area contributed by atoms with E-state index in [0.717, 1.165) is 12.6 Å². The van der Waals surface area contributed by atoms with E-state index in [2.05, 4.69) is 24.2 Å². The zero-order valence-corrected chi connectivity index (χ0v) is 10.8. The van der Waals surface area contributed by atoms with Crippen molar-refractivity contribution in [3.05, 3.63) is 23.7 Å². The SMILES string of the molecule is CC(CNCc1ccc(C(=O)O)o1)N(C)C1CC1. The van der Waals surface area contributed by atoms with Crippen LogP contribution in [0.25, 0.3) is 0 Å². The van der Waals surface area contributed by atoms with Crippen LogP contribution in [0.15, 0.2) is 16.5 Å². The number of nitrogens with one attached hydrogen (secondary N) is 1. The van der Waals surface area contributed by atoms with Crippen molar-refractivity contribution < 1.29 is 14.3 Å². The molecule has 5 heteroatoms. The van der Waals surface area contributed by atoms with Gasteiger partial charge in [-0.1, -0.05) is 0 Å². The van der Waals surface area contributed by atoms with Crippen LogP contribution in [-0.4, -0.2) is 41.7 Å². The van der Waals surface area contributed by atoms with Crippen molar-refractivity contribution in [2.24, 2.45) is 0 Å². The van der Waals surface area contributed by atoms with Crippen LogP contribution in [0.4, 0.5) is 0 Å². The molecule has 18 heavy (non-hydrogen) atoms. The Labute approximate surface area is 107 Å². The highest BCUT2D eigenvalue weighted by Gasteiger charge is 2.28. The average Bonchev–Trinajstić information content (AvgIpc) is 3.07. The van der Waals surface area contributed by atoms with Crippen molar-refractivity contribution in [1.29, 1.82) is 0 Å². The highest BCUT2D eigenvalue weighted by atomic mass is 16.4. The van der Waals surface area contributed by atoms with E-state index in [1.165, 1.54) is 18.9 Å². The normalized spacial score (nSPS) is 17.1. The number of carbonyl (C=O) groups is 1. The van der Waals surface area contributed by atoms with Crippen molar-refractivity contribution in [1.82, 2.24) is 10.2 Å². The first-order valence-electron chi connectivity index (χ1n) is 6.32. The van der Waals surface area contributed by atoms with Gasteiger partial charge in [0.25, 0.3) is 0 Å². The minimum absolute atomic E-state index is 0.00468. The van der Waals surface area contributed by atoms with Crippen molar-refractivity contribution in [3.63, 3.8) is 0 Å². The molecule has 0 bridgehead atoms. The second kappa shape index (κ2) is 5.54. The molecule has 0 spiro atoms. The summed E-state index contributed by atoms with van der Waals surface area (Å²) >= 11 is 0. The number of hydrogen-bond donors (Lipinski definition) is 2. The third kappa shape index (κ3) is 3.34. The molecule has 2 rings (SSSR count). The van der Waals surface area contributed by atoms with Crippen LogP contribution in [0.5, 0.6) is 0 Å². The number of nitrogens with zero attached hydrogens (tertiary/aromatic N) is 1. The minimum atomic E-state index is -1.02. The molecule has 100 valence electrons. The van der Waals surface area contributed by atoms with E-state index in [9.17, 15) is 4.79 Å². The molecule has 1 aromatic heterocycles. The smallest absolute Gasteiger partial charge is 0.371 e. The molecule has 5 nitrogen and oxygen atoms in total. The van der Waals surface area contributed by atoms with E-state index in [1.807, 2.05) is 0 Å². The predicted octanol–water partition coefficient (Wildman–Crippen LogP) is 1.55. The first-order chi connectivity index (χ1) is 8.58. The molecule has 0 aliphatic heterocycles. The Bertz CT molecular complexity index is 412. The summed E-state index contributed by atoms with van der Waals surface area (Å²) in [5.74, 6) is -0.369. The summed E-state index contributed by atoms with van der Waals surface area (Å²) in [5, 5.41) is 12.0. The van der Waals surface area contributed by atoms with Crippen LogP contribution in [0.2, 0.25) is 0 Å². The van der Waals surface area contributed by atoms with E-state index in [4.69, 9.17) is 9.52 Å². The molecule has 0 saturated heterocycles. The second-order valence-corrected chi connectivity index (χ2v) is 4.95. The average molecular weight is 252 g/mol.